The number of carbonyl (C=O) groups excluding carboxylic acids is 1. The van der Waals surface area contributed by atoms with E-state index in [1.54, 1.807) is 7.11 Å². The summed E-state index contributed by atoms with van der Waals surface area (Å²) in [4.78, 5) is 10.9. The highest BCUT2D eigenvalue weighted by atomic mass is 16.6. The summed E-state index contributed by atoms with van der Waals surface area (Å²) in [7, 11) is 2.97. The number of anilines is 1. The molecule has 0 aliphatic heterocycles. The minimum Gasteiger partial charge on any atom is -0.493 e. The van der Waals surface area contributed by atoms with Gasteiger partial charge in [-0.25, -0.2) is 4.79 Å². The largest absolute Gasteiger partial charge is 0.493 e. The fourth-order valence-corrected chi connectivity index (χ4v) is 5.25. The number of aromatic amines is 1. The lowest BCUT2D eigenvalue weighted by Crippen LogP contribution is -2.27. The Labute approximate surface area is 239 Å². The Morgan fingerprint density at radius 1 is 0.951 bits per heavy atom. The molecule has 0 saturated carbocycles. The Morgan fingerprint density at radius 3 is 2.49 bits per heavy atom. The van der Waals surface area contributed by atoms with Gasteiger partial charge in [-0.2, -0.15) is 5.10 Å². The van der Waals surface area contributed by atoms with Crippen LogP contribution in [-0.2, 0) is 31.8 Å². The van der Waals surface area contributed by atoms with Gasteiger partial charge < -0.3 is 39.1 Å². The van der Waals surface area contributed by atoms with E-state index in [0.717, 1.165) is 36.3 Å². The molecule has 41 heavy (non-hydrogen) atoms. The second-order valence-electron chi connectivity index (χ2n) is 9.80. The zero-order valence-corrected chi connectivity index (χ0v) is 23.6. The first-order valence-corrected chi connectivity index (χ1v) is 14.0. The number of methoxy groups -OCH3 is 2. The van der Waals surface area contributed by atoms with Crippen LogP contribution in [0, 0.1) is 0 Å². The van der Waals surface area contributed by atoms with Crippen molar-refractivity contribution < 1.29 is 33.2 Å². The average Bonchev–Trinajstić information content (AvgIpc) is 3.69. The highest BCUT2D eigenvalue weighted by Gasteiger charge is 2.29. The molecule has 0 bridgehead atoms. The van der Waals surface area contributed by atoms with E-state index in [2.05, 4.69) is 55.9 Å². The number of nitrogens with zero attached hydrogens (tertiary/aromatic N) is 1. The Hall–Kier alpha value is -3.80. The van der Waals surface area contributed by atoms with Crippen molar-refractivity contribution in [3.05, 3.63) is 58.7 Å². The van der Waals surface area contributed by atoms with Crippen LogP contribution in [0.1, 0.15) is 34.7 Å². The zero-order chi connectivity index (χ0) is 28.4. The van der Waals surface area contributed by atoms with Gasteiger partial charge in [0.05, 0.1) is 65.6 Å². The Kier molecular flexibility index (Phi) is 9.95. The van der Waals surface area contributed by atoms with Crippen LogP contribution in [0.5, 0.6) is 11.5 Å². The van der Waals surface area contributed by atoms with Gasteiger partial charge >= 0.3 is 6.09 Å². The van der Waals surface area contributed by atoms with E-state index in [1.807, 2.05) is 6.07 Å². The molecule has 1 heterocycles. The van der Waals surface area contributed by atoms with Gasteiger partial charge in [-0.15, -0.1) is 0 Å². The SMILES string of the molecule is COC(=O)NCCOCCOCCOCCOc1cc2c(cc1OC)-c1[nH]nc(NC3CCc4ccccc43)c1C2. The molecule has 2 aliphatic rings. The summed E-state index contributed by atoms with van der Waals surface area (Å²) in [6.45, 7) is 3.42. The molecule has 0 fully saturated rings. The molecular weight excluding hydrogens is 528 g/mol. The fraction of sp³-hybridized carbons (Fsp3) is 0.467. The lowest BCUT2D eigenvalue weighted by atomic mass is 10.1. The number of hydrogen-bond donors (Lipinski definition) is 3. The lowest BCUT2D eigenvalue weighted by molar-refractivity contribution is 0.00974. The van der Waals surface area contributed by atoms with E-state index >= 15 is 0 Å². The summed E-state index contributed by atoms with van der Waals surface area (Å²) in [5.74, 6) is 2.29. The molecule has 0 spiro atoms. The average molecular weight is 567 g/mol. The predicted molar refractivity (Wildman–Crippen MR) is 153 cm³/mol. The molecule has 1 aromatic heterocycles. The number of aryl methyl sites for hydroxylation is 1. The molecule has 1 atom stereocenters. The first-order chi connectivity index (χ1) is 20.2. The smallest absolute Gasteiger partial charge is 0.406 e. The molecule has 0 saturated heterocycles. The van der Waals surface area contributed by atoms with Crippen LogP contribution in [0.2, 0.25) is 0 Å². The van der Waals surface area contributed by atoms with Crippen molar-refractivity contribution in [3.63, 3.8) is 0 Å². The molecule has 5 rings (SSSR count). The number of benzene rings is 2. The highest BCUT2D eigenvalue weighted by Crippen LogP contribution is 2.45. The van der Waals surface area contributed by atoms with Crippen LogP contribution in [0.3, 0.4) is 0 Å². The van der Waals surface area contributed by atoms with Crippen LogP contribution in [0.25, 0.3) is 11.3 Å². The maximum absolute atomic E-state index is 10.9. The molecule has 11 heteroatoms. The third kappa shape index (κ3) is 7.10. The van der Waals surface area contributed by atoms with E-state index in [9.17, 15) is 4.79 Å². The van der Waals surface area contributed by atoms with Gasteiger partial charge in [-0.05, 0) is 41.7 Å². The van der Waals surface area contributed by atoms with Gasteiger partial charge in [-0.1, -0.05) is 24.3 Å². The standard InChI is InChI=1S/C30H38N4O7/c1-36-26-19-23-21(17-24-28(23)33-34-29(24)32-25-8-7-20-5-3-4-6-22(20)25)18-27(26)41-16-15-40-14-13-39-12-11-38-10-9-31-30(35)37-2/h3-6,18-19,25H,7-17H2,1-2H3,(H,31,35)(H2,32,33,34). The molecule has 220 valence electrons. The number of amides is 1. The zero-order valence-electron chi connectivity index (χ0n) is 23.6. The highest BCUT2D eigenvalue weighted by molar-refractivity contribution is 5.80. The van der Waals surface area contributed by atoms with Crippen LogP contribution in [0.15, 0.2) is 36.4 Å². The summed E-state index contributed by atoms with van der Waals surface area (Å²) in [5.41, 5.74) is 7.25. The molecule has 3 N–H and O–H groups in total. The molecule has 2 aliphatic carbocycles. The summed E-state index contributed by atoms with van der Waals surface area (Å²) < 4.78 is 32.6. The first kappa shape index (κ1) is 28.7. The van der Waals surface area contributed by atoms with Crippen LogP contribution < -0.4 is 20.1 Å². The van der Waals surface area contributed by atoms with Crippen LogP contribution >= 0.6 is 0 Å². The Bertz CT molecular complexity index is 1310. The number of fused-ring (bicyclic) bond motifs is 4. The lowest BCUT2D eigenvalue weighted by Gasteiger charge is -2.14. The minimum absolute atomic E-state index is 0.274. The van der Waals surface area contributed by atoms with Crippen LogP contribution in [0.4, 0.5) is 10.6 Å². The van der Waals surface area contributed by atoms with Crippen molar-refractivity contribution in [2.24, 2.45) is 0 Å². The number of H-pyrrole nitrogens is 1. The molecule has 3 aromatic rings. The van der Waals surface area contributed by atoms with Crippen molar-refractivity contribution in [1.29, 1.82) is 0 Å². The second-order valence-corrected chi connectivity index (χ2v) is 9.80. The van der Waals surface area contributed by atoms with Gasteiger partial charge in [0.15, 0.2) is 17.3 Å². The first-order valence-electron chi connectivity index (χ1n) is 14.0. The van der Waals surface area contributed by atoms with Gasteiger partial charge in [-0.3, -0.25) is 5.10 Å². The number of aromatic nitrogens is 2. The van der Waals surface area contributed by atoms with E-state index < -0.39 is 6.09 Å². The number of alkyl carbamates (subject to hydrolysis) is 1. The predicted octanol–water partition coefficient (Wildman–Crippen LogP) is 3.87. The third-order valence-electron chi connectivity index (χ3n) is 7.27. The Morgan fingerprint density at radius 2 is 1.71 bits per heavy atom. The van der Waals surface area contributed by atoms with E-state index in [0.29, 0.717) is 64.3 Å². The van der Waals surface area contributed by atoms with Crippen molar-refractivity contribution in [3.8, 4) is 22.8 Å². The van der Waals surface area contributed by atoms with Crippen molar-refractivity contribution in [2.75, 3.05) is 72.3 Å². The number of carbonyl (C=O) groups is 1. The van der Waals surface area contributed by atoms with Gasteiger partial charge in [0.2, 0.25) is 0 Å². The quantitative estimate of drug-likeness (QED) is 0.173. The van der Waals surface area contributed by atoms with Crippen molar-refractivity contribution in [2.45, 2.75) is 25.3 Å². The minimum atomic E-state index is -0.471. The Balaban J connectivity index is 1.03. The normalized spacial score (nSPS) is 14.7. The fourth-order valence-electron chi connectivity index (χ4n) is 5.25. The molecule has 1 unspecified atom stereocenters. The van der Waals surface area contributed by atoms with Gasteiger partial charge in [0.25, 0.3) is 0 Å². The maximum atomic E-state index is 10.9. The molecule has 2 aromatic carbocycles. The number of nitrogens with one attached hydrogen (secondary N) is 3. The van der Waals surface area contributed by atoms with Crippen LogP contribution in [-0.4, -0.2) is 83.3 Å². The third-order valence-corrected chi connectivity index (χ3v) is 7.27. The molecule has 11 nitrogen and oxygen atoms in total. The van der Waals surface area contributed by atoms with Crippen molar-refractivity contribution >= 4 is 11.9 Å². The van der Waals surface area contributed by atoms with Gasteiger partial charge in [0, 0.05) is 24.1 Å². The number of ether oxygens (including phenoxy) is 6. The molecule has 1 amide bonds. The second kappa shape index (κ2) is 14.2. The topological polar surface area (TPSA) is 125 Å². The summed E-state index contributed by atoms with van der Waals surface area (Å²) in [6.07, 6.45) is 2.46. The summed E-state index contributed by atoms with van der Waals surface area (Å²) >= 11 is 0. The van der Waals surface area contributed by atoms with Gasteiger partial charge in [0.1, 0.15) is 6.61 Å². The molecular formula is C30H38N4O7. The van der Waals surface area contributed by atoms with E-state index in [-0.39, 0.29) is 6.04 Å². The summed E-state index contributed by atoms with van der Waals surface area (Å²) in [5, 5.41) is 14.1. The number of hydrogen-bond acceptors (Lipinski definition) is 9. The molecule has 0 radical (unpaired) electrons. The van der Waals surface area contributed by atoms with Crippen molar-refractivity contribution in [1.82, 2.24) is 15.5 Å². The number of rotatable bonds is 16. The monoisotopic (exact) mass is 566 g/mol. The van der Waals surface area contributed by atoms with E-state index in [1.165, 1.54) is 29.4 Å². The summed E-state index contributed by atoms with van der Waals surface area (Å²) in [6, 6.07) is 13.0. The maximum Gasteiger partial charge on any atom is 0.406 e. The van der Waals surface area contributed by atoms with E-state index in [4.69, 9.17) is 23.7 Å².